The van der Waals surface area contributed by atoms with Crippen LogP contribution in [0.2, 0.25) is 0 Å². The van der Waals surface area contributed by atoms with E-state index in [1.807, 2.05) is 18.2 Å². The van der Waals surface area contributed by atoms with Crippen LogP contribution in [-0.4, -0.2) is 13.7 Å². The second-order valence-corrected chi connectivity index (χ2v) is 7.08. The Hall–Kier alpha value is -0.830. The maximum atomic E-state index is 12.4. The minimum atomic E-state index is -3.04. The molecule has 2 nitrogen and oxygen atoms in total. The first-order valence-corrected chi connectivity index (χ1v) is 7.56. The van der Waals surface area contributed by atoms with Crippen LogP contribution in [0.1, 0.15) is 31.2 Å². The number of fused-ring (bicyclic) bond motifs is 2. The van der Waals surface area contributed by atoms with E-state index in [2.05, 4.69) is 0 Å². The minimum Gasteiger partial charge on any atom is -0.223 e. The monoisotopic (exact) mass is 236 g/mol. The van der Waals surface area contributed by atoms with Crippen molar-refractivity contribution in [1.29, 1.82) is 0 Å². The molecule has 1 aromatic carbocycles. The van der Waals surface area contributed by atoms with E-state index in [9.17, 15) is 8.42 Å². The van der Waals surface area contributed by atoms with Gasteiger partial charge in [-0.3, -0.25) is 0 Å². The Labute approximate surface area is 96.6 Å². The zero-order valence-electron chi connectivity index (χ0n) is 9.22. The summed E-state index contributed by atoms with van der Waals surface area (Å²) in [6, 6.07) is 7.52. The van der Waals surface area contributed by atoms with Gasteiger partial charge in [-0.2, -0.15) is 0 Å². The van der Waals surface area contributed by atoms with Crippen LogP contribution < -0.4 is 0 Å². The number of hydrogen-bond acceptors (Lipinski definition) is 2. The molecule has 2 atom stereocenters. The first kappa shape index (κ1) is 10.3. The first-order valence-electron chi connectivity index (χ1n) is 6.01. The molecule has 1 aromatic rings. The lowest BCUT2D eigenvalue weighted by Crippen LogP contribution is -2.38. The first-order chi connectivity index (χ1) is 7.69. The third-order valence-electron chi connectivity index (χ3n) is 4.00. The highest BCUT2D eigenvalue weighted by Gasteiger charge is 2.41. The Morgan fingerprint density at radius 3 is 2.69 bits per heavy atom. The normalized spacial score (nSPS) is 31.5. The Morgan fingerprint density at radius 1 is 1.06 bits per heavy atom. The average Bonchev–Trinajstić information content (AvgIpc) is 2.29. The Bertz CT molecular complexity index is 504. The summed E-state index contributed by atoms with van der Waals surface area (Å²) in [5, 5.41) is -0.101. The molecule has 1 heterocycles. The van der Waals surface area contributed by atoms with Crippen molar-refractivity contribution >= 4 is 9.84 Å². The van der Waals surface area contributed by atoms with Crippen LogP contribution in [0.3, 0.4) is 0 Å². The lowest BCUT2D eigenvalue weighted by Gasteiger charge is -2.36. The van der Waals surface area contributed by atoms with Crippen molar-refractivity contribution in [3.63, 3.8) is 0 Å². The summed E-state index contributed by atoms with van der Waals surface area (Å²) >= 11 is 0. The average molecular weight is 236 g/mol. The van der Waals surface area contributed by atoms with Gasteiger partial charge in [0.05, 0.1) is 10.1 Å². The molecule has 2 aliphatic rings. The standard InChI is InChI=1S/C13H16O2S/c14-16(15)12-7-3-1-5-10(12)9-11-6-2-4-8-13(11)16/h1,3,5,7,11,13H,2,4,6,8-9H2. The topological polar surface area (TPSA) is 34.1 Å². The molecule has 3 rings (SSSR count). The van der Waals surface area contributed by atoms with Gasteiger partial charge in [0.25, 0.3) is 0 Å². The number of rotatable bonds is 0. The zero-order valence-corrected chi connectivity index (χ0v) is 10.0. The van der Waals surface area contributed by atoms with Crippen LogP contribution in [0, 0.1) is 5.92 Å². The molecule has 0 N–H and O–H groups in total. The van der Waals surface area contributed by atoms with E-state index in [4.69, 9.17) is 0 Å². The van der Waals surface area contributed by atoms with Gasteiger partial charge in [0, 0.05) is 0 Å². The van der Waals surface area contributed by atoms with Gasteiger partial charge in [-0.1, -0.05) is 31.0 Å². The van der Waals surface area contributed by atoms with Crippen molar-refractivity contribution in [3.05, 3.63) is 29.8 Å². The molecule has 0 amide bonds. The minimum absolute atomic E-state index is 0.101. The molecule has 2 unspecified atom stereocenters. The lowest BCUT2D eigenvalue weighted by molar-refractivity contribution is 0.345. The van der Waals surface area contributed by atoms with Gasteiger partial charge in [0.2, 0.25) is 0 Å². The second kappa shape index (κ2) is 3.59. The SMILES string of the molecule is O=S1(=O)c2ccccc2CC2CCCCC21. The maximum Gasteiger partial charge on any atom is 0.181 e. The highest BCUT2D eigenvalue weighted by molar-refractivity contribution is 7.92. The van der Waals surface area contributed by atoms with Crippen molar-refractivity contribution in [2.24, 2.45) is 5.92 Å². The van der Waals surface area contributed by atoms with Crippen molar-refractivity contribution in [1.82, 2.24) is 0 Å². The quantitative estimate of drug-likeness (QED) is 0.694. The predicted molar refractivity (Wildman–Crippen MR) is 63.1 cm³/mol. The van der Waals surface area contributed by atoms with Gasteiger partial charge < -0.3 is 0 Å². The highest BCUT2D eigenvalue weighted by Crippen LogP contribution is 2.40. The summed E-state index contributed by atoms with van der Waals surface area (Å²) in [5.74, 6) is 0.369. The van der Waals surface area contributed by atoms with Crippen LogP contribution in [0.15, 0.2) is 29.2 Å². The summed E-state index contributed by atoms with van der Waals surface area (Å²) in [4.78, 5) is 0.596. The largest absolute Gasteiger partial charge is 0.223 e. The zero-order chi connectivity index (χ0) is 11.2. The van der Waals surface area contributed by atoms with Crippen LogP contribution in [0.4, 0.5) is 0 Å². The second-order valence-electron chi connectivity index (χ2n) is 4.94. The van der Waals surface area contributed by atoms with Gasteiger partial charge in [0.1, 0.15) is 0 Å². The molecule has 1 fully saturated rings. The molecule has 0 radical (unpaired) electrons. The fourth-order valence-corrected chi connectivity index (χ4v) is 5.54. The van der Waals surface area contributed by atoms with Crippen molar-refractivity contribution < 1.29 is 8.42 Å². The van der Waals surface area contributed by atoms with E-state index < -0.39 is 9.84 Å². The van der Waals surface area contributed by atoms with E-state index in [-0.39, 0.29) is 5.25 Å². The summed E-state index contributed by atoms with van der Waals surface area (Å²) < 4.78 is 24.9. The third-order valence-corrected chi connectivity index (χ3v) is 6.43. The fourth-order valence-electron chi connectivity index (χ4n) is 3.21. The third kappa shape index (κ3) is 1.41. The van der Waals surface area contributed by atoms with Crippen molar-refractivity contribution in [2.45, 2.75) is 42.2 Å². The number of hydrogen-bond donors (Lipinski definition) is 0. The molecule has 1 aliphatic heterocycles. The number of sulfone groups is 1. The van der Waals surface area contributed by atoms with Crippen LogP contribution >= 0.6 is 0 Å². The molecule has 1 aliphatic carbocycles. The van der Waals surface area contributed by atoms with Gasteiger partial charge in [-0.15, -0.1) is 0 Å². The highest BCUT2D eigenvalue weighted by atomic mass is 32.2. The van der Waals surface area contributed by atoms with Gasteiger partial charge >= 0.3 is 0 Å². The summed E-state index contributed by atoms with van der Waals surface area (Å²) in [6.07, 6.45) is 5.17. The molecule has 1 saturated carbocycles. The van der Waals surface area contributed by atoms with Gasteiger partial charge in [0.15, 0.2) is 9.84 Å². The van der Waals surface area contributed by atoms with Crippen LogP contribution in [-0.2, 0) is 16.3 Å². The van der Waals surface area contributed by atoms with Gasteiger partial charge in [-0.25, -0.2) is 8.42 Å². The van der Waals surface area contributed by atoms with E-state index in [1.165, 1.54) is 6.42 Å². The van der Waals surface area contributed by atoms with E-state index in [1.54, 1.807) is 6.07 Å². The molecule has 0 spiro atoms. The summed E-state index contributed by atoms with van der Waals surface area (Å²) in [7, 11) is -3.04. The van der Waals surface area contributed by atoms with E-state index >= 15 is 0 Å². The van der Waals surface area contributed by atoms with Gasteiger partial charge in [-0.05, 0) is 36.8 Å². The number of benzene rings is 1. The molecular formula is C13H16O2S. The van der Waals surface area contributed by atoms with Crippen LogP contribution in [0.5, 0.6) is 0 Å². The smallest absolute Gasteiger partial charge is 0.181 e. The molecule has 3 heteroatoms. The Kier molecular flexibility index (Phi) is 2.32. The fraction of sp³-hybridized carbons (Fsp3) is 0.538. The van der Waals surface area contributed by atoms with Crippen molar-refractivity contribution in [3.8, 4) is 0 Å². The van der Waals surface area contributed by atoms with Crippen molar-refractivity contribution in [2.75, 3.05) is 0 Å². The summed E-state index contributed by atoms with van der Waals surface area (Å²) in [6.45, 7) is 0. The molecule has 0 aromatic heterocycles. The Balaban J connectivity index is 2.15. The van der Waals surface area contributed by atoms with E-state index in [0.29, 0.717) is 10.8 Å². The van der Waals surface area contributed by atoms with Crippen LogP contribution in [0.25, 0.3) is 0 Å². The molecule has 86 valence electrons. The molecule has 16 heavy (non-hydrogen) atoms. The molecule has 0 bridgehead atoms. The summed E-state index contributed by atoms with van der Waals surface area (Å²) in [5.41, 5.74) is 1.03. The predicted octanol–water partition coefficient (Wildman–Crippen LogP) is 2.58. The maximum absolute atomic E-state index is 12.4. The van der Waals surface area contributed by atoms with E-state index in [0.717, 1.165) is 31.2 Å². The lowest BCUT2D eigenvalue weighted by atomic mass is 9.84. The molecular weight excluding hydrogens is 220 g/mol. The Morgan fingerprint density at radius 2 is 1.81 bits per heavy atom. The molecule has 0 saturated heterocycles.